The predicted octanol–water partition coefficient (Wildman–Crippen LogP) is 4.41. The molecule has 1 aromatic heterocycles. The molecule has 0 aliphatic carbocycles. The van der Waals surface area contributed by atoms with Gasteiger partial charge in [-0.15, -0.1) is 0 Å². The van der Waals surface area contributed by atoms with E-state index in [1.165, 1.54) is 43.6 Å². The number of amides is 1. The summed E-state index contributed by atoms with van der Waals surface area (Å²) < 4.78 is 41.4. The number of sulfonamides is 1. The molecule has 0 fully saturated rings. The first-order valence-electron chi connectivity index (χ1n) is 10.5. The Labute approximate surface area is 196 Å². The summed E-state index contributed by atoms with van der Waals surface area (Å²) in [6, 6.07) is 7.62. The highest BCUT2D eigenvalue weighted by Crippen LogP contribution is 2.27. The summed E-state index contributed by atoms with van der Waals surface area (Å²) >= 11 is 5.76. The lowest BCUT2D eigenvalue weighted by molar-refractivity contribution is 0.0761. The fourth-order valence-electron chi connectivity index (χ4n) is 3.46. The summed E-state index contributed by atoms with van der Waals surface area (Å²) in [4.78, 5) is 30.3. The Morgan fingerprint density at radius 3 is 2.52 bits per heavy atom. The highest BCUT2D eigenvalue weighted by atomic mass is 35.5. The zero-order chi connectivity index (χ0) is 24.3. The number of hydrogen-bond acceptors (Lipinski definition) is 4. The van der Waals surface area contributed by atoms with Crippen LogP contribution in [0.4, 0.5) is 10.1 Å². The SMILES string of the molecule is CCCCN(CC)C(=O)c1c[nH]c2ccc(S(=O)(=O)N(C)c3ccc(Cl)cc3F)cc2c1=O. The van der Waals surface area contributed by atoms with Crippen molar-refractivity contribution >= 4 is 44.1 Å². The van der Waals surface area contributed by atoms with E-state index in [0.29, 0.717) is 18.6 Å². The number of nitrogens with zero attached hydrogens (tertiary/aromatic N) is 2. The van der Waals surface area contributed by atoms with Crippen LogP contribution < -0.4 is 9.73 Å². The molecule has 1 heterocycles. The minimum Gasteiger partial charge on any atom is -0.360 e. The minimum absolute atomic E-state index is 0.0541. The topological polar surface area (TPSA) is 90.6 Å². The fourth-order valence-corrected chi connectivity index (χ4v) is 4.85. The predicted molar refractivity (Wildman–Crippen MR) is 128 cm³/mol. The number of pyridine rings is 1. The zero-order valence-electron chi connectivity index (χ0n) is 18.6. The average molecular weight is 494 g/mol. The third-order valence-electron chi connectivity index (χ3n) is 5.44. The maximum atomic E-state index is 14.3. The van der Waals surface area contributed by atoms with Crippen molar-refractivity contribution in [3.63, 3.8) is 0 Å². The number of fused-ring (bicyclic) bond motifs is 1. The van der Waals surface area contributed by atoms with E-state index in [4.69, 9.17) is 11.6 Å². The summed E-state index contributed by atoms with van der Waals surface area (Å²) in [5, 5.41) is 0.190. The van der Waals surface area contributed by atoms with Gasteiger partial charge >= 0.3 is 0 Å². The van der Waals surface area contributed by atoms with Gasteiger partial charge in [-0.1, -0.05) is 24.9 Å². The number of aromatic amines is 1. The summed E-state index contributed by atoms with van der Waals surface area (Å²) in [6.45, 7) is 4.81. The number of hydrogen-bond donors (Lipinski definition) is 1. The van der Waals surface area contributed by atoms with Crippen LogP contribution in [-0.2, 0) is 10.0 Å². The molecule has 33 heavy (non-hydrogen) atoms. The first kappa shape index (κ1) is 24.7. The van der Waals surface area contributed by atoms with Crippen LogP contribution in [0.25, 0.3) is 10.9 Å². The van der Waals surface area contributed by atoms with Crippen LogP contribution in [0.2, 0.25) is 5.02 Å². The van der Waals surface area contributed by atoms with Crippen molar-refractivity contribution in [2.24, 2.45) is 0 Å². The van der Waals surface area contributed by atoms with Gasteiger partial charge in [0, 0.05) is 42.3 Å². The van der Waals surface area contributed by atoms with E-state index in [1.807, 2.05) is 13.8 Å². The van der Waals surface area contributed by atoms with E-state index in [1.54, 1.807) is 4.90 Å². The molecule has 3 rings (SSSR count). The summed E-state index contributed by atoms with van der Waals surface area (Å²) in [5.74, 6) is -1.21. The molecular formula is C23H25ClFN3O4S. The number of carbonyl (C=O) groups excluding carboxylic acids is 1. The van der Waals surface area contributed by atoms with E-state index in [0.717, 1.165) is 23.2 Å². The lowest BCUT2D eigenvalue weighted by Crippen LogP contribution is -2.35. The molecule has 0 unspecified atom stereocenters. The van der Waals surface area contributed by atoms with Crippen LogP contribution in [0.1, 0.15) is 37.0 Å². The molecule has 0 spiro atoms. The molecule has 7 nitrogen and oxygen atoms in total. The maximum absolute atomic E-state index is 14.3. The zero-order valence-corrected chi connectivity index (χ0v) is 20.1. The molecule has 0 aliphatic rings. The largest absolute Gasteiger partial charge is 0.360 e. The van der Waals surface area contributed by atoms with Crippen LogP contribution in [0, 0.1) is 5.82 Å². The number of nitrogens with one attached hydrogen (secondary N) is 1. The van der Waals surface area contributed by atoms with Crippen molar-refractivity contribution in [3.8, 4) is 0 Å². The highest BCUT2D eigenvalue weighted by molar-refractivity contribution is 7.92. The van der Waals surface area contributed by atoms with E-state index >= 15 is 0 Å². The third-order valence-corrected chi connectivity index (χ3v) is 7.44. The first-order chi connectivity index (χ1) is 15.6. The number of benzene rings is 2. The molecule has 1 amide bonds. The van der Waals surface area contributed by atoms with Crippen molar-refractivity contribution in [3.05, 3.63) is 69.2 Å². The van der Waals surface area contributed by atoms with Gasteiger partial charge in [-0.2, -0.15) is 0 Å². The molecule has 176 valence electrons. The van der Waals surface area contributed by atoms with Gasteiger partial charge in [0.15, 0.2) is 0 Å². The van der Waals surface area contributed by atoms with E-state index in [9.17, 15) is 22.4 Å². The van der Waals surface area contributed by atoms with E-state index in [-0.39, 0.29) is 26.6 Å². The lowest BCUT2D eigenvalue weighted by atomic mass is 10.1. The fraction of sp³-hybridized carbons (Fsp3) is 0.304. The minimum atomic E-state index is -4.20. The number of rotatable bonds is 8. The Morgan fingerprint density at radius 1 is 1.15 bits per heavy atom. The molecule has 3 aromatic rings. The Balaban J connectivity index is 2.06. The monoisotopic (exact) mass is 493 g/mol. The van der Waals surface area contributed by atoms with Gasteiger partial charge in [0.25, 0.3) is 15.9 Å². The second-order valence-corrected chi connectivity index (χ2v) is 9.95. The van der Waals surface area contributed by atoms with Crippen LogP contribution >= 0.6 is 11.6 Å². The van der Waals surface area contributed by atoms with Gasteiger partial charge in [-0.25, -0.2) is 12.8 Å². The maximum Gasteiger partial charge on any atom is 0.264 e. The quantitative estimate of drug-likeness (QED) is 0.503. The van der Waals surface area contributed by atoms with Crippen molar-refractivity contribution < 1.29 is 17.6 Å². The highest BCUT2D eigenvalue weighted by Gasteiger charge is 2.25. The molecule has 1 N–H and O–H groups in total. The van der Waals surface area contributed by atoms with Crippen LogP contribution in [-0.4, -0.2) is 44.3 Å². The molecule has 0 atom stereocenters. The van der Waals surface area contributed by atoms with Crippen molar-refractivity contribution in [2.45, 2.75) is 31.6 Å². The summed E-state index contributed by atoms with van der Waals surface area (Å²) in [5.41, 5.74) is -0.438. The number of H-pyrrole nitrogens is 1. The van der Waals surface area contributed by atoms with Crippen molar-refractivity contribution in [1.82, 2.24) is 9.88 Å². The molecular weight excluding hydrogens is 469 g/mol. The molecule has 0 bridgehead atoms. The number of unbranched alkanes of at least 4 members (excludes halogenated alkanes) is 1. The third kappa shape index (κ3) is 4.89. The Kier molecular flexibility index (Phi) is 7.44. The van der Waals surface area contributed by atoms with Crippen LogP contribution in [0.15, 0.2) is 52.3 Å². The van der Waals surface area contributed by atoms with E-state index < -0.39 is 27.2 Å². The van der Waals surface area contributed by atoms with Gasteiger partial charge in [-0.3, -0.25) is 13.9 Å². The number of aromatic nitrogens is 1. The number of carbonyl (C=O) groups is 1. The number of halogens is 2. The van der Waals surface area contributed by atoms with Gasteiger partial charge in [-0.05, 0) is 49.7 Å². The Morgan fingerprint density at radius 2 is 1.88 bits per heavy atom. The number of anilines is 1. The Hall–Kier alpha value is -2.91. The van der Waals surface area contributed by atoms with Crippen molar-refractivity contribution in [1.29, 1.82) is 0 Å². The second kappa shape index (κ2) is 9.93. The molecule has 2 aromatic carbocycles. The van der Waals surface area contributed by atoms with E-state index in [2.05, 4.69) is 4.98 Å². The molecule has 0 radical (unpaired) electrons. The normalized spacial score (nSPS) is 11.5. The summed E-state index contributed by atoms with van der Waals surface area (Å²) in [7, 11) is -2.99. The smallest absolute Gasteiger partial charge is 0.264 e. The Bertz CT molecular complexity index is 1360. The standard InChI is InChI=1S/C23H25ClFN3O4S/c1-4-6-11-28(5-2)23(30)18-14-26-20-9-8-16(13-17(20)22(18)29)33(31,32)27(3)21-10-7-15(24)12-19(21)25/h7-10,12-14H,4-6,11H2,1-3H3,(H,26,29). The molecule has 0 saturated carbocycles. The average Bonchev–Trinajstić information content (AvgIpc) is 2.79. The van der Waals surface area contributed by atoms with Gasteiger partial charge in [0.2, 0.25) is 5.43 Å². The van der Waals surface area contributed by atoms with Gasteiger partial charge in [0.1, 0.15) is 11.4 Å². The van der Waals surface area contributed by atoms with Crippen molar-refractivity contribution in [2.75, 3.05) is 24.4 Å². The summed E-state index contributed by atoms with van der Waals surface area (Å²) in [6.07, 6.45) is 3.06. The molecule has 0 aliphatic heterocycles. The molecule has 10 heteroatoms. The lowest BCUT2D eigenvalue weighted by Gasteiger charge is -2.21. The van der Waals surface area contributed by atoms with Crippen LogP contribution in [0.5, 0.6) is 0 Å². The first-order valence-corrected chi connectivity index (χ1v) is 12.3. The van der Waals surface area contributed by atoms with Gasteiger partial charge < -0.3 is 9.88 Å². The molecule has 0 saturated heterocycles. The van der Waals surface area contributed by atoms with Gasteiger partial charge in [0.05, 0.1) is 10.6 Å². The van der Waals surface area contributed by atoms with Crippen LogP contribution in [0.3, 0.4) is 0 Å². The second-order valence-electron chi connectivity index (χ2n) is 7.55.